The first kappa shape index (κ1) is 13.6. The number of amides is 1. The highest BCUT2D eigenvalue weighted by atomic mass is 32.1. The van der Waals surface area contributed by atoms with Gasteiger partial charge in [0, 0.05) is 19.2 Å². The molecule has 0 aliphatic carbocycles. The maximum absolute atomic E-state index is 11.6. The molecule has 1 amide bonds. The Hall–Kier alpha value is -1.43. The number of carbonyl (C=O) groups is 2. The molecule has 1 aromatic rings. The van der Waals surface area contributed by atoms with Gasteiger partial charge in [0.1, 0.15) is 5.60 Å². The summed E-state index contributed by atoms with van der Waals surface area (Å²) >= 11 is 1.30. The number of aromatic nitrogens is 1. The van der Waals surface area contributed by atoms with Crippen molar-refractivity contribution in [3.8, 4) is 0 Å². The number of ether oxygens (including phenoxy) is 1. The molecule has 0 spiro atoms. The predicted molar refractivity (Wildman–Crippen MR) is 65.3 cm³/mol. The molecule has 0 radical (unpaired) electrons. The Morgan fingerprint density at radius 1 is 1.47 bits per heavy atom. The van der Waals surface area contributed by atoms with Gasteiger partial charge in [-0.25, -0.2) is 4.79 Å². The minimum atomic E-state index is -0.522. The van der Waals surface area contributed by atoms with E-state index in [4.69, 9.17) is 4.74 Å². The van der Waals surface area contributed by atoms with E-state index in [1.807, 2.05) is 0 Å². The second-order valence-electron chi connectivity index (χ2n) is 4.47. The highest BCUT2D eigenvalue weighted by molar-refractivity contribution is 7.11. The van der Waals surface area contributed by atoms with Gasteiger partial charge in [-0.3, -0.25) is 9.78 Å². The fourth-order valence-corrected chi connectivity index (χ4v) is 1.66. The van der Waals surface area contributed by atoms with E-state index in [2.05, 4.69) is 10.3 Å². The van der Waals surface area contributed by atoms with Crippen LogP contribution in [0.1, 0.15) is 36.9 Å². The summed E-state index contributed by atoms with van der Waals surface area (Å²) < 4.78 is 5.04. The summed E-state index contributed by atoms with van der Waals surface area (Å²) in [4.78, 5) is 27.3. The number of thiazole rings is 1. The van der Waals surface area contributed by atoms with Gasteiger partial charge in [0.15, 0.2) is 5.78 Å². The van der Waals surface area contributed by atoms with Crippen molar-refractivity contribution in [2.24, 2.45) is 0 Å². The van der Waals surface area contributed by atoms with Gasteiger partial charge in [0.2, 0.25) is 0 Å². The van der Waals surface area contributed by atoms with Crippen LogP contribution in [0.15, 0.2) is 11.7 Å². The van der Waals surface area contributed by atoms with Crippen molar-refractivity contribution in [1.29, 1.82) is 0 Å². The summed E-state index contributed by atoms with van der Waals surface area (Å²) in [7, 11) is 0. The summed E-state index contributed by atoms with van der Waals surface area (Å²) in [5.41, 5.74) is 1.08. The molecule has 0 aliphatic heterocycles. The number of hydrogen-bond acceptors (Lipinski definition) is 5. The van der Waals surface area contributed by atoms with Crippen LogP contribution in [-0.4, -0.2) is 29.0 Å². The SMILES string of the molecule is CC(C)(C)OC(=O)NCCC(=O)c1cncs1. The Balaban J connectivity index is 2.24. The minimum absolute atomic E-state index is 0.0245. The maximum atomic E-state index is 11.6. The average molecular weight is 256 g/mol. The van der Waals surface area contributed by atoms with E-state index in [0.717, 1.165) is 0 Å². The molecule has 0 saturated carbocycles. The molecule has 1 aromatic heterocycles. The van der Waals surface area contributed by atoms with E-state index in [0.29, 0.717) is 4.88 Å². The molecule has 0 aliphatic rings. The van der Waals surface area contributed by atoms with Crippen LogP contribution in [-0.2, 0) is 4.74 Å². The molecule has 0 aromatic carbocycles. The fourth-order valence-electron chi connectivity index (χ4n) is 1.07. The predicted octanol–water partition coefficient (Wildman–Crippen LogP) is 2.24. The summed E-state index contributed by atoms with van der Waals surface area (Å²) in [6, 6.07) is 0. The van der Waals surface area contributed by atoms with Crippen LogP contribution < -0.4 is 5.32 Å². The number of rotatable bonds is 4. The highest BCUT2D eigenvalue weighted by Crippen LogP contribution is 2.09. The summed E-state index contributed by atoms with van der Waals surface area (Å²) in [5.74, 6) is -0.0245. The van der Waals surface area contributed by atoms with Crippen LogP contribution in [0.4, 0.5) is 4.79 Å². The van der Waals surface area contributed by atoms with Crippen molar-refractivity contribution in [1.82, 2.24) is 10.3 Å². The van der Waals surface area contributed by atoms with Gasteiger partial charge in [-0.15, -0.1) is 11.3 Å². The lowest BCUT2D eigenvalue weighted by atomic mass is 10.2. The number of carbonyl (C=O) groups excluding carboxylic acids is 2. The Kier molecular flexibility index (Phi) is 4.62. The third-order valence-corrected chi connectivity index (χ3v) is 2.54. The first-order valence-corrected chi connectivity index (χ1v) is 6.15. The van der Waals surface area contributed by atoms with Crippen LogP contribution in [0.2, 0.25) is 0 Å². The zero-order valence-corrected chi connectivity index (χ0v) is 11.0. The maximum Gasteiger partial charge on any atom is 0.407 e. The second-order valence-corrected chi connectivity index (χ2v) is 5.35. The molecule has 1 heterocycles. The standard InChI is InChI=1S/C11H16N2O3S/c1-11(2,3)16-10(15)13-5-4-8(14)9-6-12-7-17-9/h6-7H,4-5H2,1-3H3,(H,13,15). The van der Waals surface area contributed by atoms with Crippen molar-refractivity contribution in [2.45, 2.75) is 32.8 Å². The molecular weight excluding hydrogens is 240 g/mol. The van der Waals surface area contributed by atoms with Crippen molar-refractivity contribution in [3.63, 3.8) is 0 Å². The first-order chi connectivity index (χ1) is 7.88. The Bertz CT molecular complexity index is 382. The van der Waals surface area contributed by atoms with Gasteiger partial charge >= 0.3 is 6.09 Å². The lowest BCUT2D eigenvalue weighted by molar-refractivity contribution is 0.0527. The zero-order valence-electron chi connectivity index (χ0n) is 10.1. The molecule has 0 saturated heterocycles. The van der Waals surface area contributed by atoms with Gasteiger partial charge < -0.3 is 10.1 Å². The Morgan fingerprint density at radius 2 is 2.18 bits per heavy atom. The van der Waals surface area contributed by atoms with Gasteiger partial charge in [-0.1, -0.05) is 0 Å². The van der Waals surface area contributed by atoms with Crippen molar-refractivity contribution < 1.29 is 14.3 Å². The fraction of sp³-hybridized carbons (Fsp3) is 0.545. The van der Waals surface area contributed by atoms with E-state index in [1.54, 1.807) is 26.3 Å². The Labute approximate surface area is 104 Å². The zero-order chi connectivity index (χ0) is 12.9. The van der Waals surface area contributed by atoms with E-state index >= 15 is 0 Å². The number of nitrogens with one attached hydrogen (secondary N) is 1. The normalized spacial score (nSPS) is 11.0. The summed E-state index contributed by atoms with van der Waals surface area (Å²) in [6.07, 6.45) is 1.27. The Morgan fingerprint density at radius 3 is 2.71 bits per heavy atom. The van der Waals surface area contributed by atoms with Crippen LogP contribution in [0.5, 0.6) is 0 Å². The lowest BCUT2D eigenvalue weighted by Gasteiger charge is -2.19. The molecule has 17 heavy (non-hydrogen) atoms. The molecule has 5 nitrogen and oxygen atoms in total. The first-order valence-electron chi connectivity index (χ1n) is 5.27. The molecular formula is C11H16N2O3S. The van der Waals surface area contributed by atoms with Gasteiger partial charge in [0.05, 0.1) is 10.4 Å². The largest absolute Gasteiger partial charge is 0.444 e. The van der Waals surface area contributed by atoms with E-state index < -0.39 is 11.7 Å². The third-order valence-electron chi connectivity index (χ3n) is 1.73. The third kappa shape index (κ3) is 5.44. The van der Waals surface area contributed by atoms with Crippen LogP contribution >= 0.6 is 11.3 Å². The molecule has 0 unspecified atom stereocenters. The second kappa shape index (κ2) is 5.77. The molecule has 0 atom stereocenters. The van der Waals surface area contributed by atoms with Crippen molar-refractivity contribution >= 4 is 23.2 Å². The summed E-state index contributed by atoms with van der Waals surface area (Å²) in [6.45, 7) is 5.63. The van der Waals surface area contributed by atoms with E-state index in [-0.39, 0.29) is 18.7 Å². The number of Topliss-reactive ketones (excluding diaryl/α,β-unsaturated/α-hetero) is 1. The molecule has 6 heteroatoms. The number of alkyl carbamates (subject to hydrolysis) is 1. The quantitative estimate of drug-likeness (QED) is 0.839. The molecule has 1 rings (SSSR count). The lowest BCUT2D eigenvalue weighted by Crippen LogP contribution is -2.33. The average Bonchev–Trinajstić information content (AvgIpc) is 2.66. The van der Waals surface area contributed by atoms with E-state index in [1.165, 1.54) is 17.5 Å². The van der Waals surface area contributed by atoms with Crippen LogP contribution in [0.3, 0.4) is 0 Å². The topological polar surface area (TPSA) is 68.3 Å². The van der Waals surface area contributed by atoms with Crippen molar-refractivity contribution in [2.75, 3.05) is 6.54 Å². The monoisotopic (exact) mass is 256 g/mol. The van der Waals surface area contributed by atoms with Crippen molar-refractivity contribution in [3.05, 3.63) is 16.6 Å². The van der Waals surface area contributed by atoms with Gasteiger partial charge in [-0.2, -0.15) is 0 Å². The number of ketones is 1. The highest BCUT2D eigenvalue weighted by Gasteiger charge is 2.16. The van der Waals surface area contributed by atoms with E-state index in [9.17, 15) is 9.59 Å². The smallest absolute Gasteiger partial charge is 0.407 e. The number of hydrogen-bond donors (Lipinski definition) is 1. The molecule has 0 bridgehead atoms. The summed E-state index contributed by atoms with van der Waals surface area (Å²) in [5, 5.41) is 2.53. The molecule has 1 N–H and O–H groups in total. The molecule has 94 valence electrons. The van der Waals surface area contributed by atoms with Gasteiger partial charge in [0.25, 0.3) is 0 Å². The van der Waals surface area contributed by atoms with Crippen LogP contribution in [0, 0.1) is 0 Å². The minimum Gasteiger partial charge on any atom is -0.444 e. The van der Waals surface area contributed by atoms with Gasteiger partial charge in [-0.05, 0) is 20.8 Å². The van der Waals surface area contributed by atoms with Crippen LogP contribution in [0.25, 0.3) is 0 Å². The number of nitrogens with zero attached hydrogens (tertiary/aromatic N) is 1. The molecule has 0 fully saturated rings.